The van der Waals surface area contributed by atoms with E-state index in [-0.39, 0.29) is 24.8 Å². The smallest absolute Gasteiger partial charge is 0.226 e. The third-order valence-corrected chi connectivity index (χ3v) is 2.67. The maximum absolute atomic E-state index is 12.1. The molecular formula is C14H18N4O3. The lowest BCUT2D eigenvalue weighted by Gasteiger charge is -2.17. The van der Waals surface area contributed by atoms with E-state index in [9.17, 15) is 9.90 Å². The van der Waals surface area contributed by atoms with Crippen LogP contribution in [0.3, 0.4) is 0 Å². The highest BCUT2D eigenvalue weighted by atomic mass is 16.5. The van der Waals surface area contributed by atoms with Gasteiger partial charge in [0.25, 0.3) is 0 Å². The van der Waals surface area contributed by atoms with Gasteiger partial charge in [-0.2, -0.15) is 0 Å². The highest BCUT2D eigenvalue weighted by molar-refractivity contribution is 6.13. The fraction of sp³-hybridized carbons (Fsp3) is 0.357. The van der Waals surface area contributed by atoms with E-state index in [1.165, 1.54) is 12.4 Å². The average molecular weight is 290 g/mol. The largest absolute Gasteiger partial charge is 0.474 e. The molecule has 0 saturated heterocycles. The molecule has 0 saturated carbocycles. The number of aromatic amines is 1. The fourth-order valence-corrected chi connectivity index (χ4v) is 1.75. The molecule has 2 aromatic rings. The van der Waals surface area contributed by atoms with Crippen LogP contribution in [0.4, 0.5) is 0 Å². The van der Waals surface area contributed by atoms with Gasteiger partial charge in [0.1, 0.15) is 18.6 Å². The average Bonchev–Trinajstić information content (AvgIpc) is 2.86. The predicted octanol–water partition coefficient (Wildman–Crippen LogP) is 0.805. The Labute approximate surface area is 121 Å². The molecule has 4 N–H and O–H groups in total. The van der Waals surface area contributed by atoms with Gasteiger partial charge in [0.05, 0.1) is 16.6 Å². The first-order valence-electron chi connectivity index (χ1n) is 6.50. The van der Waals surface area contributed by atoms with Crippen molar-refractivity contribution in [3.63, 3.8) is 0 Å². The Morgan fingerprint density at radius 2 is 2.29 bits per heavy atom. The van der Waals surface area contributed by atoms with Gasteiger partial charge in [-0.3, -0.25) is 4.79 Å². The third kappa shape index (κ3) is 3.65. The monoisotopic (exact) mass is 290 g/mol. The summed E-state index contributed by atoms with van der Waals surface area (Å²) in [5.74, 6) is 0.0440. The van der Waals surface area contributed by atoms with E-state index in [1.54, 1.807) is 26.1 Å². The molecule has 21 heavy (non-hydrogen) atoms. The Morgan fingerprint density at radius 1 is 1.52 bits per heavy atom. The van der Waals surface area contributed by atoms with Crippen molar-refractivity contribution in [2.45, 2.75) is 19.4 Å². The van der Waals surface area contributed by atoms with Crippen LogP contribution in [0, 0.1) is 0 Å². The summed E-state index contributed by atoms with van der Waals surface area (Å²) in [4.78, 5) is 23.1. The molecule has 0 amide bonds. The molecule has 7 heteroatoms. The minimum atomic E-state index is -1.00. The van der Waals surface area contributed by atoms with E-state index in [0.717, 1.165) is 0 Å². The molecule has 7 nitrogen and oxygen atoms in total. The van der Waals surface area contributed by atoms with Gasteiger partial charge in [-0.15, -0.1) is 0 Å². The second-order valence-electron chi connectivity index (χ2n) is 5.21. The van der Waals surface area contributed by atoms with Crippen molar-refractivity contribution < 1.29 is 14.6 Å². The molecule has 0 aliphatic heterocycles. The van der Waals surface area contributed by atoms with Crippen LogP contribution in [0.25, 0.3) is 11.0 Å². The number of carbonyl (C=O) groups excluding carboxylic acids is 1. The summed E-state index contributed by atoms with van der Waals surface area (Å²) in [5, 5.41) is 10.2. The molecule has 0 unspecified atom stereocenters. The standard InChI is InChI=1S/C14H18N4O3/c1-14(2,20)7-21-13-11-9(10(19)4-3-5-15)6-16-12(11)17-8-18-13/h3-4,6,8,20H,5,7,15H2,1-2H3,(H,16,17,18). The zero-order valence-electron chi connectivity index (χ0n) is 12.0. The zero-order chi connectivity index (χ0) is 15.5. The predicted molar refractivity (Wildman–Crippen MR) is 78.2 cm³/mol. The van der Waals surface area contributed by atoms with Crippen molar-refractivity contribution in [1.82, 2.24) is 15.0 Å². The minimum Gasteiger partial charge on any atom is -0.474 e. The molecule has 0 radical (unpaired) electrons. The molecule has 0 bridgehead atoms. The van der Waals surface area contributed by atoms with Gasteiger partial charge >= 0.3 is 0 Å². The minimum absolute atomic E-state index is 0.0521. The summed E-state index contributed by atoms with van der Waals surface area (Å²) in [6.07, 6.45) is 5.86. The molecule has 112 valence electrons. The van der Waals surface area contributed by atoms with Crippen molar-refractivity contribution in [3.05, 3.63) is 30.2 Å². The van der Waals surface area contributed by atoms with Crippen molar-refractivity contribution in [1.29, 1.82) is 0 Å². The van der Waals surface area contributed by atoms with Gasteiger partial charge < -0.3 is 20.6 Å². The summed E-state index contributed by atoms with van der Waals surface area (Å²) in [5.41, 5.74) is 5.25. The first-order valence-corrected chi connectivity index (χ1v) is 6.50. The van der Waals surface area contributed by atoms with E-state index < -0.39 is 5.60 Å². The number of hydrogen-bond acceptors (Lipinski definition) is 6. The van der Waals surface area contributed by atoms with Crippen molar-refractivity contribution in [2.75, 3.05) is 13.2 Å². The Balaban J connectivity index is 2.40. The van der Waals surface area contributed by atoms with Crippen molar-refractivity contribution >= 4 is 16.8 Å². The number of H-pyrrole nitrogens is 1. The zero-order valence-corrected chi connectivity index (χ0v) is 12.0. The van der Waals surface area contributed by atoms with Crippen LogP contribution < -0.4 is 10.5 Å². The van der Waals surface area contributed by atoms with Crippen LogP contribution in [0.5, 0.6) is 5.88 Å². The number of hydrogen-bond donors (Lipinski definition) is 3. The Morgan fingerprint density at radius 3 is 2.95 bits per heavy atom. The van der Waals surface area contributed by atoms with Gasteiger partial charge in [0.2, 0.25) is 5.88 Å². The number of allylic oxidation sites excluding steroid dienone is 1. The molecule has 0 aliphatic carbocycles. The topological polar surface area (TPSA) is 114 Å². The van der Waals surface area contributed by atoms with E-state index >= 15 is 0 Å². The Bertz CT molecular complexity index is 670. The number of ketones is 1. The molecule has 0 aromatic carbocycles. The maximum atomic E-state index is 12.1. The van der Waals surface area contributed by atoms with Gasteiger partial charge in [-0.25, -0.2) is 9.97 Å². The molecule has 0 fully saturated rings. The van der Waals surface area contributed by atoms with Crippen LogP contribution in [-0.2, 0) is 0 Å². The van der Waals surface area contributed by atoms with E-state index in [4.69, 9.17) is 10.5 Å². The molecule has 0 aliphatic rings. The molecule has 2 aromatic heterocycles. The number of fused-ring (bicyclic) bond motifs is 1. The first-order chi connectivity index (χ1) is 9.92. The summed E-state index contributed by atoms with van der Waals surface area (Å²) in [7, 11) is 0. The lowest BCUT2D eigenvalue weighted by atomic mass is 10.1. The van der Waals surface area contributed by atoms with E-state index in [1.807, 2.05) is 0 Å². The Kier molecular flexibility index (Phi) is 4.35. The molecule has 0 atom stereocenters. The van der Waals surface area contributed by atoms with Crippen molar-refractivity contribution in [2.24, 2.45) is 5.73 Å². The number of aromatic nitrogens is 3. The van der Waals surface area contributed by atoms with Gasteiger partial charge in [0, 0.05) is 12.7 Å². The van der Waals surface area contributed by atoms with Crippen LogP contribution in [0.1, 0.15) is 24.2 Å². The summed E-state index contributed by atoms with van der Waals surface area (Å²) < 4.78 is 5.52. The SMILES string of the molecule is CC(C)(O)COc1ncnc2[nH]cc(C(=O)C=CCN)c12. The van der Waals surface area contributed by atoms with Gasteiger partial charge in [0.15, 0.2) is 5.78 Å². The number of rotatable bonds is 6. The summed E-state index contributed by atoms with van der Waals surface area (Å²) in [6, 6.07) is 0. The number of carbonyl (C=O) groups is 1. The summed E-state index contributed by atoms with van der Waals surface area (Å²) >= 11 is 0. The second kappa shape index (κ2) is 6.02. The van der Waals surface area contributed by atoms with E-state index in [0.29, 0.717) is 16.6 Å². The van der Waals surface area contributed by atoms with Crippen LogP contribution in [-0.4, -0.2) is 44.6 Å². The van der Waals surface area contributed by atoms with Crippen LogP contribution in [0.15, 0.2) is 24.7 Å². The van der Waals surface area contributed by atoms with E-state index in [2.05, 4.69) is 15.0 Å². The fourth-order valence-electron chi connectivity index (χ4n) is 1.75. The maximum Gasteiger partial charge on any atom is 0.226 e. The lowest BCUT2D eigenvalue weighted by Crippen LogP contribution is -2.28. The number of nitrogens with one attached hydrogen (secondary N) is 1. The lowest BCUT2D eigenvalue weighted by molar-refractivity contribution is 0.0274. The molecule has 2 heterocycles. The second-order valence-corrected chi connectivity index (χ2v) is 5.21. The first kappa shape index (κ1) is 15.1. The number of nitrogens with zero attached hydrogens (tertiary/aromatic N) is 2. The van der Waals surface area contributed by atoms with Crippen LogP contribution in [0.2, 0.25) is 0 Å². The molecule has 0 spiro atoms. The molecule has 2 rings (SSSR count). The molecular weight excluding hydrogens is 272 g/mol. The highest BCUT2D eigenvalue weighted by Crippen LogP contribution is 2.26. The number of nitrogens with two attached hydrogens (primary N) is 1. The third-order valence-electron chi connectivity index (χ3n) is 2.67. The van der Waals surface area contributed by atoms with Crippen molar-refractivity contribution in [3.8, 4) is 5.88 Å². The summed E-state index contributed by atoms with van der Waals surface area (Å²) in [6.45, 7) is 3.58. The highest BCUT2D eigenvalue weighted by Gasteiger charge is 2.19. The van der Waals surface area contributed by atoms with Gasteiger partial charge in [-0.1, -0.05) is 6.08 Å². The number of aliphatic hydroxyl groups is 1. The normalized spacial score (nSPS) is 12.2. The van der Waals surface area contributed by atoms with Crippen LogP contribution >= 0.6 is 0 Å². The van der Waals surface area contributed by atoms with Gasteiger partial charge in [-0.05, 0) is 19.9 Å². The Hall–Kier alpha value is -2.25. The quantitative estimate of drug-likeness (QED) is 0.535. The number of ether oxygens (including phenoxy) is 1.